The summed E-state index contributed by atoms with van der Waals surface area (Å²) in [5, 5.41) is 2.65. The summed E-state index contributed by atoms with van der Waals surface area (Å²) in [6.07, 6.45) is 3.45. The molecule has 25 heavy (non-hydrogen) atoms. The van der Waals surface area contributed by atoms with Crippen molar-refractivity contribution in [1.29, 1.82) is 0 Å². The lowest BCUT2D eigenvalue weighted by molar-refractivity contribution is -0.132. The number of rotatable bonds is 6. The number of halogens is 1. The van der Waals surface area contributed by atoms with E-state index in [0.717, 1.165) is 5.69 Å². The second-order valence-electron chi connectivity index (χ2n) is 5.62. The van der Waals surface area contributed by atoms with Crippen molar-refractivity contribution < 1.29 is 14.0 Å². The predicted molar refractivity (Wildman–Crippen MR) is 95.3 cm³/mol. The van der Waals surface area contributed by atoms with E-state index in [0.29, 0.717) is 11.4 Å². The molecule has 0 bridgehead atoms. The third-order valence-corrected chi connectivity index (χ3v) is 3.41. The number of pyridine rings is 1. The molecule has 1 N–H and O–H groups in total. The number of likely N-dealkylation sites (N-methyl/N-ethyl adjacent to an activating group) is 1. The van der Waals surface area contributed by atoms with Crippen LogP contribution in [0.3, 0.4) is 0 Å². The fraction of sp³-hybridized carbons (Fsp3) is 0.211. The molecule has 2 amide bonds. The summed E-state index contributed by atoms with van der Waals surface area (Å²) < 4.78 is 13.1. The van der Waals surface area contributed by atoms with Gasteiger partial charge in [-0.05, 0) is 36.8 Å². The zero-order valence-corrected chi connectivity index (χ0v) is 14.2. The van der Waals surface area contributed by atoms with Crippen LogP contribution < -0.4 is 5.32 Å². The summed E-state index contributed by atoms with van der Waals surface area (Å²) in [5.41, 5.74) is 1.48. The quantitative estimate of drug-likeness (QED) is 0.878. The first-order valence-electron chi connectivity index (χ1n) is 7.83. The van der Waals surface area contributed by atoms with Gasteiger partial charge in [0.25, 0.3) is 0 Å². The molecule has 1 aromatic heterocycles. The maximum atomic E-state index is 13.1. The van der Waals surface area contributed by atoms with E-state index in [9.17, 15) is 14.0 Å². The Kier molecular flexibility index (Phi) is 6.39. The molecule has 0 fully saturated rings. The molecule has 0 atom stereocenters. The molecule has 1 aromatic carbocycles. The first-order valence-corrected chi connectivity index (χ1v) is 7.83. The summed E-state index contributed by atoms with van der Waals surface area (Å²) in [4.78, 5) is 29.5. The second-order valence-corrected chi connectivity index (χ2v) is 5.62. The van der Waals surface area contributed by atoms with Gasteiger partial charge < -0.3 is 10.2 Å². The van der Waals surface area contributed by atoms with Gasteiger partial charge in [0.2, 0.25) is 11.8 Å². The number of nitrogens with one attached hydrogen (secondary N) is 1. The van der Waals surface area contributed by atoms with E-state index in [4.69, 9.17) is 0 Å². The lowest BCUT2D eigenvalue weighted by Crippen LogP contribution is -2.34. The smallest absolute Gasteiger partial charge is 0.245 e. The first kappa shape index (κ1) is 18.3. The van der Waals surface area contributed by atoms with E-state index in [1.54, 1.807) is 43.5 Å². The van der Waals surface area contributed by atoms with Crippen molar-refractivity contribution in [1.82, 2.24) is 9.88 Å². The topological polar surface area (TPSA) is 62.3 Å². The third-order valence-electron chi connectivity index (χ3n) is 3.41. The molecule has 0 aliphatic carbocycles. The van der Waals surface area contributed by atoms with Crippen molar-refractivity contribution in [2.45, 2.75) is 13.3 Å². The van der Waals surface area contributed by atoms with E-state index in [-0.39, 0.29) is 30.6 Å². The number of carbonyl (C=O) groups is 2. The highest BCUT2D eigenvalue weighted by molar-refractivity contribution is 5.94. The van der Waals surface area contributed by atoms with E-state index >= 15 is 0 Å². The molecule has 0 saturated carbocycles. The van der Waals surface area contributed by atoms with E-state index in [1.165, 1.54) is 17.0 Å². The van der Waals surface area contributed by atoms with E-state index < -0.39 is 0 Å². The fourth-order valence-corrected chi connectivity index (χ4v) is 2.16. The van der Waals surface area contributed by atoms with Gasteiger partial charge in [-0.3, -0.25) is 9.59 Å². The lowest BCUT2D eigenvalue weighted by Gasteiger charge is -2.15. The summed E-state index contributed by atoms with van der Waals surface area (Å²) >= 11 is 0. The monoisotopic (exact) mass is 341 g/mol. The van der Waals surface area contributed by atoms with Gasteiger partial charge in [0.15, 0.2) is 0 Å². The Labute approximate surface area is 146 Å². The van der Waals surface area contributed by atoms with Crippen LogP contribution >= 0.6 is 0 Å². The maximum absolute atomic E-state index is 13.1. The molecule has 0 unspecified atom stereocenters. The van der Waals surface area contributed by atoms with Gasteiger partial charge in [-0.2, -0.15) is 0 Å². The first-order chi connectivity index (χ1) is 11.9. The number of nitrogens with zero attached hydrogens (tertiary/aromatic N) is 2. The van der Waals surface area contributed by atoms with Crippen LogP contribution in [0.25, 0.3) is 6.08 Å². The van der Waals surface area contributed by atoms with Gasteiger partial charge in [0.05, 0.1) is 6.54 Å². The summed E-state index contributed by atoms with van der Waals surface area (Å²) in [6, 6.07) is 11.4. The highest BCUT2D eigenvalue weighted by Crippen LogP contribution is 2.07. The number of amides is 2. The van der Waals surface area contributed by atoms with Gasteiger partial charge >= 0.3 is 0 Å². The Hall–Kier alpha value is -3.02. The molecule has 2 rings (SSSR count). The largest absolute Gasteiger partial charge is 0.336 e. The van der Waals surface area contributed by atoms with Crippen molar-refractivity contribution in [3.8, 4) is 0 Å². The summed E-state index contributed by atoms with van der Waals surface area (Å²) in [7, 11) is 1.56. The van der Waals surface area contributed by atoms with E-state index in [1.807, 2.05) is 13.0 Å². The van der Waals surface area contributed by atoms with Crippen LogP contribution in [0.4, 0.5) is 10.2 Å². The number of aryl methyl sites for hydroxylation is 1. The van der Waals surface area contributed by atoms with Crippen molar-refractivity contribution in [2.24, 2.45) is 0 Å². The molecule has 6 heteroatoms. The Morgan fingerprint density at radius 3 is 2.72 bits per heavy atom. The third kappa shape index (κ3) is 6.18. The standard InChI is InChI=1S/C19H20FN3O2/c1-14-6-3-10-17(21-14)22-18(24)13-23(2)19(25)11-5-8-15-7-4-9-16(20)12-15/h3-10,12H,11,13H2,1-2H3,(H,21,22,24). The molecule has 0 aliphatic heterocycles. The minimum absolute atomic E-state index is 0.0672. The second kappa shape index (κ2) is 8.73. The normalized spacial score (nSPS) is 10.7. The molecular formula is C19H20FN3O2. The molecule has 0 radical (unpaired) electrons. The minimum Gasteiger partial charge on any atom is -0.336 e. The van der Waals surface area contributed by atoms with Gasteiger partial charge in [-0.25, -0.2) is 9.37 Å². The van der Waals surface area contributed by atoms with Crippen LogP contribution in [0.5, 0.6) is 0 Å². The van der Waals surface area contributed by atoms with Gasteiger partial charge in [0.1, 0.15) is 11.6 Å². The van der Waals surface area contributed by atoms with Gasteiger partial charge in [-0.1, -0.05) is 30.4 Å². The van der Waals surface area contributed by atoms with Crippen LogP contribution in [-0.4, -0.2) is 35.3 Å². The Morgan fingerprint density at radius 1 is 1.24 bits per heavy atom. The Balaban J connectivity index is 1.82. The average molecular weight is 341 g/mol. The van der Waals surface area contributed by atoms with Crippen LogP contribution in [0.1, 0.15) is 17.7 Å². The number of anilines is 1. The summed E-state index contributed by atoms with van der Waals surface area (Å²) in [6.45, 7) is 1.76. The zero-order chi connectivity index (χ0) is 18.2. The van der Waals surface area contributed by atoms with Crippen LogP contribution in [0.15, 0.2) is 48.5 Å². The maximum Gasteiger partial charge on any atom is 0.245 e. The molecule has 5 nitrogen and oxygen atoms in total. The average Bonchev–Trinajstić information content (AvgIpc) is 2.54. The zero-order valence-electron chi connectivity index (χ0n) is 14.2. The Bertz CT molecular complexity index is 790. The number of carbonyl (C=O) groups excluding carboxylic acids is 2. The number of benzene rings is 1. The highest BCUT2D eigenvalue weighted by atomic mass is 19.1. The molecule has 0 spiro atoms. The molecule has 0 aliphatic rings. The predicted octanol–water partition coefficient (Wildman–Crippen LogP) is 3.03. The summed E-state index contributed by atoms with van der Waals surface area (Å²) in [5.74, 6) is -0.396. The molecule has 130 valence electrons. The minimum atomic E-state index is -0.327. The van der Waals surface area contributed by atoms with Crippen molar-refractivity contribution in [2.75, 3.05) is 18.9 Å². The van der Waals surface area contributed by atoms with Crippen LogP contribution in [-0.2, 0) is 9.59 Å². The SMILES string of the molecule is Cc1cccc(NC(=O)CN(C)C(=O)CC=Cc2cccc(F)c2)n1. The molecule has 1 heterocycles. The van der Waals surface area contributed by atoms with Crippen molar-refractivity contribution in [3.63, 3.8) is 0 Å². The number of hydrogen-bond acceptors (Lipinski definition) is 3. The molecular weight excluding hydrogens is 321 g/mol. The van der Waals surface area contributed by atoms with E-state index in [2.05, 4.69) is 10.3 Å². The van der Waals surface area contributed by atoms with Crippen LogP contribution in [0, 0.1) is 12.7 Å². The van der Waals surface area contributed by atoms with Crippen LogP contribution in [0.2, 0.25) is 0 Å². The molecule has 0 saturated heterocycles. The lowest BCUT2D eigenvalue weighted by atomic mass is 10.2. The number of aromatic nitrogens is 1. The van der Waals surface area contributed by atoms with Gasteiger partial charge in [0, 0.05) is 19.2 Å². The van der Waals surface area contributed by atoms with Gasteiger partial charge in [-0.15, -0.1) is 0 Å². The van der Waals surface area contributed by atoms with Crippen molar-refractivity contribution in [3.05, 3.63) is 65.6 Å². The highest BCUT2D eigenvalue weighted by Gasteiger charge is 2.12. The Morgan fingerprint density at radius 2 is 2.00 bits per heavy atom. The number of hydrogen-bond donors (Lipinski definition) is 1. The fourth-order valence-electron chi connectivity index (χ4n) is 2.16. The van der Waals surface area contributed by atoms with Crippen molar-refractivity contribution >= 4 is 23.7 Å². The molecule has 2 aromatic rings.